The molecule has 0 bridgehead atoms. The van der Waals surface area contributed by atoms with Crippen LogP contribution < -0.4 is 5.32 Å². The molecule has 2 aromatic rings. The minimum absolute atomic E-state index is 0.263. The Morgan fingerprint density at radius 1 is 1.19 bits per heavy atom. The summed E-state index contributed by atoms with van der Waals surface area (Å²) in [4.78, 5) is 0. The first kappa shape index (κ1) is 11.0. The Morgan fingerprint density at radius 2 is 1.88 bits per heavy atom. The van der Waals surface area contributed by atoms with Gasteiger partial charge in [-0.3, -0.25) is 0 Å². The zero-order chi connectivity index (χ0) is 11.5. The highest BCUT2D eigenvalue weighted by atomic mass is 35.5. The van der Waals surface area contributed by atoms with Gasteiger partial charge in [-0.1, -0.05) is 16.7 Å². The summed E-state index contributed by atoms with van der Waals surface area (Å²) in [5.74, 6) is 0.486. The van der Waals surface area contributed by atoms with Gasteiger partial charge in [0.2, 0.25) is 5.89 Å². The molecule has 1 aromatic carbocycles. The highest BCUT2D eigenvalue weighted by Crippen LogP contribution is 2.21. The minimum atomic E-state index is 0.263. The van der Waals surface area contributed by atoms with Gasteiger partial charge in [-0.2, -0.15) is 0 Å². The molecule has 0 aliphatic carbocycles. The lowest BCUT2D eigenvalue weighted by Crippen LogP contribution is -2.09. The number of hydrogen-bond donors (Lipinski definition) is 1. The van der Waals surface area contributed by atoms with Crippen LogP contribution in [-0.2, 0) is 0 Å². The zero-order valence-electron chi connectivity index (χ0n) is 9.07. The Morgan fingerprint density at radius 3 is 2.50 bits per heavy atom. The van der Waals surface area contributed by atoms with Gasteiger partial charge in [-0.25, -0.2) is 0 Å². The van der Waals surface area contributed by atoms with Gasteiger partial charge in [-0.05, 0) is 38.1 Å². The molecule has 84 valence electrons. The molecule has 0 unspecified atom stereocenters. The molecule has 0 aliphatic heterocycles. The van der Waals surface area contributed by atoms with Crippen molar-refractivity contribution >= 4 is 17.6 Å². The largest absolute Gasteiger partial charge is 0.403 e. The van der Waals surface area contributed by atoms with Crippen LogP contribution in [0, 0.1) is 0 Å². The Hall–Kier alpha value is -1.55. The number of aromatic nitrogens is 2. The first-order valence-corrected chi connectivity index (χ1v) is 5.39. The third-order valence-corrected chi connectivity index (χ3v) is 2.18. The van der Waals surface area contributed by atoms with Gasteiger partial charge in [0.15, 0.2) is 0 Å². The number of hydrogen-bond acceptors (Lipinski definition) is 4. The maximum absolute atomic E-state index is 5.79. The molecule has 0 spiro atoms. The summed E-state index contributed by atoms with van der Waals surface area (Å²) in [5.41, 5.74) is 0.855. The molecule has 0 saturated heterocycles. The van der Waals surface area contributed by atoms with E-state index >= 15 is 0 Å². The van der Waals surface area contributed by atoms with Crippen LogP contribution in [-0.4, -0.2) is 16.2 Å². The molecular formula is C11H12ClN3O. The first-order valence-electron chi connectivity index (χ1n) is 5.01. The van der Waals surface area contributed by atoms with E-state index in [1.807, 2.05) is 26.0 Å². The van der Waals surface area contributed by atoms with E-state index in [-0.39, 0.29) is 6.04 Å². The van der Waals surface area contributed by atoms with Gasteiger partial charge in [0.25, 0.3) is 0 Å². The van der Waals surface area contributed by atoms with Crippen molar-refractivity contribution < 1.29 is 4.42 Å². The second kappa shape index (κ2) is 4.53. The molecular weight excluding hydrogens is 226 g/mol. The van der Waals surface area contributed by atoms with Crippen LogP contribution in [0.4, 0.5) is 6.01 Å². The fourth-order valence-electron chi connectivity index (χ4n) is 1.24. The SMILES string of the molecule is CC(C)Nc1nnc(-c2ccc(Cl)cc2)o1. The quantitative estimate of drug-likeness (QED) is 0.891. The summed E-state index contributed by atoms with van der Waals surface area (Å²) < 4.78 is 5.44. The highest BCUT2D eigenvalue weighted by molar-refractivity contribution is 6.30. The van der Waals surface area contributed by atoms with E-state index in [4.69, 9.17) is 16.0 Å². The average molecular weight is 238 g/mol. The summed E-state index contributed by atoms with van der Waals surface area (Å²) in [5, 5.41) is 11.6. The Labute approximate surface area is 98.6 Å². The monoisotopic (exact) mass is 237 g/mol. The molecule has 0 amide bonds. The van der Waals surface area contributed by atoms with Crippen molar-refractivity contribution in [1.82, 2.24) is 10.2 Å². The maximum atomic E-state index is 5.79. The van der Waals surface area contributed by atoms with Crippen LogP contribution in [0.25, 0.3) is 11.5 Å². The van der Waals surface area contributed by atoms with Crippen LogP contribution in [0.3, 0.4) is 0 Å². The second-order valence-electron chi connectivity index (χ2n) is 3.72. The molecule has 0 atom stereocenters. The molecule has 0 saturated carbocycles. The highest BCUT2D eigenvalue weighted by Gasteiger charge is 2.08. The second-order valence-corrected chi connectivity index (χ2v) is 4.15. The molecule has 0 fully saturated rings. The Bertz CT molecular complexity index is 464. The summed E-state index contributed by atoms with van der Waals surface area (Å²) >= 11 is 5.79. The van der Waals surface area contributed by atoms with Crippen molar-refractivity contribution in [2.45, 2.75) is 19.9 Å². The van der Waals surface area contributed by atoms with E-state index in [0.717, 1.165) is 5.56 Å². The molecule has 2 rings (SSSR count). The molecule has 16 heavy (non-hydrogen) atoms. The van der Waals surface area contributed by atoms with Gasteiger partial charge < -0.3 is 9.73 Å². The van der Waals surface area contributed by atoms with E-state index in [1.165, 1.54) is 0 Å². The van der Waals surface area contributed by atoms with Gasteiger partial charge >= 0.3 is 6.01 Å². The molecule has 1 aromatic heterocycles. The fraction of sp³-hybridized carbons (Fsp3) is 0.273. The van der Waals surface area contributed by atoms with Gasteiger partial charge in [-0.15, -0.1) is 5.10 Å². The maximum Gasteiger partial charge on any atom is 0.315 e. The minimum Gasteiger partial charge on any atom is -0.403 e. The van der Waals surface area contributed by atoms with Crippen molar-refractivity contribution in [3.63, 3.8) is 0 Å². The van der Waals surface area contributed by atoms with Crippen LogP contribution in [0.5, 0.6) is 0 Å². The topological polar surface area (TPSA) is 51.0 Å². The predicted octanol–water partition coefficient (Wildman–Crippen LogP) is 3.21. The van der Waals surface area contributed by atoms with Crippen molar-refractivity contribution in [3.8, 4) is 11.5 Å². The van der Waals surface area contributed by atoms with Gasteiger partial charge in [0, 0.05) is 16.6 Å². The van der Waals surface area contributed by atoms with Gasteiger partial charge in [0.1, 0.15) is 0 Å². The number of rotatable bonds is 3. The number of nitrogens with one attached hydrogen (secondary N) is 1. The Balaban J connectivity index is 2.21. The van der Waals surface area contributed by atoms with E-state index in [1.54, 1.807) is 12.1 Å². The molecule has 0 radical (unpaired) electrons. The lowest BCUT2D eigenvalue weighted by Gasteiger charge is -2.02. The van der Waals surface area contributed by atoms with E-state index in [9.17, 15) is 0 Å². The van der Waals surface area contributed by atoms with E-state index in [0.29, 0.717) is 16.9 Å². The van der Waals surface area contributed by atoms with Crippen LogP contribution in [0.2, 0.25) is 5.02 Å². The number of benzene rings is 1. The number of halogens is 1. The summed E-state index contributed by atoms with van der Waals surface area (Å²) in [7, 11) is 0. The van der Waals surface area contributed by atoms with Crippen molar-refractivity contribution in [2.75, 3.05) is 5.32 Å². The third kappa shape index (κ3) is 2.52. The van der Waals surface area contributed by atoms with E-state index < -0.39 is 0 Å². The predicted molar refractivity (Wildman–Crippen MR) is 63.5 cm³/mol. The molecule has 1 N–H and O–H groups in total. The fourth-order valence-corrected chi connectivity index (χ4v) is 1.36. The van der Waals surface area contributed by atoms with Gasteiger partial charge in [0.05, 0.1) is 0 Å². The van der Waals surface area contributed by atoms with Crippen LogP contribution >= 0.6 is 11.6 Å². The van der Waals surface area contributed by atoms with E-state index in [2.05, 4.69) is 15.5 Å². The molecule has 0 aliphatic rings. The Kier molecular flexibility index (Phi) is 3.10. The number of nitrogens with zero attached hydrogens (tertiary/aromatic N) is 2. The first-order chi connectivity index (χ1) is 7.65. The zero-order valence-corrected chi connectivity index (χ0v) is 9.82. The molecule has 1 heterocycles. The summed E-state index contributed by atoms with van der Waals surface area (Å²) in [6.45, 7) is 4.01. The number of anilines is 1. The van der Waals surface area contributed by atoms with Crippen molar-refractivity contribution in [1.29, 1.82) is 0 Å². The lowest BCUT2D eigenvalue weighted by atomic mass is 10.2. The lowest BCUT2D eigenvalue weighted by molar-refractivity contribution is 0.574. The average Bonchev–Trinajstić information content (AvgIpc) is 2.66. The summed E-state index contributed by atoms with van der Waals surface area (Å²) in [6, 6.07) is 7.95. The summed E-state index contributed by atoms with van der Waals surface area (Å²) in [6.07, 6.45) is 0. The molecule has 4 nitrogen and oxygen atoms in total. The van der Waals surface area contributed by atoms with Crippen LogP contribution in [0.15, 0.2) is 28.7 Å². The third-order valence-electron chi connectivity index (χ3n) is 1.93. The smallest absolute Gasteiger partial charge is 0.315 e. The van der Waals surface area contributed by atoms with Crippen molar-refractivity contribution in [3.05, 3.63) is 29.3 Å². The standard InChI is InChI=1S/C11H12ClN3O/c1-7(2)13-11-15-14-10(16-11)8-3-5-9(12)6-4-8/h3-7H,1-2H3,(H,13,15). The van der Waals surface area contributed by atoms with Crippen molar-refractivity contribution in [2.24, 2.45) is 0 Å². The molecule has 5 heteroatoms. The normalized spacial score (nSPS) is 10.8. The van der Waals surface area contributed by atoms with Crippen LogP contribution in [0.1, 0.15) is 13.8 Å².